The van der Waals surface area contributed by atoms with Crippen LogP contribution in [-0.2, 0) is 10.0 Å². The Kier molecular flexibility index (Phi) is 6.75. The summed E-state index contributed by atoms with van der Waals surface area (Å²) in [4.78, 5) is 13.0. The Bertz CT molecular complexity index is 949. The number of benzene rings is 2. The van der Waals surface area contributed by atoms with Crippen LogP contribution < -0.4 is 5.32 Å². The van der Waals surface area contributed by atoms with Gasteiger partial charge in [-0.1, -0.05) is 50.2 Å². The predicted molar refractivity (Wildman–Crippen MR) is 116 cm³/mol. The van der Waals surface area contributed by atoms with Crippen LogP contribution in [0.5, 0.6) is 0 Å². The lowest BCUT2D eigenvalue weighted by Crippen LogP contribution is -2.38. The van der Waals surface area contributed by atoms with Gasteiger partial charge in [0.05, 0.1) is 4.90 Å². The van der Waals surface area contributed by atoms with Crippen molar-refractivity contribution >= 4 is 15.9 Å². The third kappa shape index (κ3) is 5.06. The first kappa shape index (κ1) is 21.5. The summed E-state index contributed by atoms with van der Waals surface area (Å²) in [5.41, 5.74) is 2.33. The highest BCUT2D eigenvalue weighted by Crippen LogP contribution is 2.25. The number of carbonyl (C=O) groups is 1. The summed E-state index contributed by atoms with van der Waals surface area (Å²) in [7, 11) is -3.58. The van der Waals surface area contributed by atoms with Gasteiger partial charge in [-0.15, -0.1) is 0 Å². The van der Waals surface area contributed by atoms with Crippen molar-refractivity contribution in [2.45, 2.75) is 44.4 Å². The molecular formula is C23H30N2O3S. The van der Waals surface area contributed by atoms with E-state index in [2.05, 4.69) is 19.2 Å². The Morgan fingerprint density at radius 3 is 2.45 bits per heavy atom. The Hall–Kier alpha value is -2.18. The van der Waals surface area contributed by atoms with E-state index in [9.17, 15) is 13.2 Å². The summed E-state index contributed by atoms with van der Waals surface area (Å²) in [6.07, 6.45) is 1.74. The average molecular weight is 415 g/mol. The van der Waals surface area contributed by atoms with Gasteiger partial charge in [0.15, 0.2) is 0 Å². The molecule has 1 saturated heterocycles. The van der Waals surface area contributed by atoms with Gasteiger partial charge in [-0.2, -0.15) is 4.31 Å². The number of hydrogen-bond acceptors (Lipinski definition) is 3. The summed E-state index contributed by atoms with van der Waals surface area (Å²) in [5.74, 6) is 0.477. The molecule has 0 unspecified atom stereocenters. The van der Waals surface area contributed by atoms with Gasteiger partial charge in [0, 0.05) is 25.2 Å². The molecule has 0 bridgehead atoms. The molecule has 0 aliphatic carbocycles. The Morgan fingerprint density at radius 2 is 1.79 bits per heavy atom. The topological polar surface area (TPSA) is 66.5 Å². The number of carbonyl (C=O) groups excluding carboxylic acids is 1. The van der Waals surface area contributed by atoms with Crippen molar-refractivity contribution in [1.29, 1.82) is 0 Å². The van der Waals surface area contributed by atoms with E-state index in [1.807, 2.05) is 37.3 Å². The molecule has 0 radical (unpaired) electrons. The van der Waals surface area contributed by atoms with E-state index in [0.29, 0.717) is 31.1 Å². The molecular weight excluding hydrogens is 384 g/mol. The number of hydrogen-bond donors (Lipinski definition) is 1. The first-order valence-corrected chi connectivity index (χ1v) is 11.7. The van der Waals surface area contributed by atoms with Crippen LogP contribution in [0.1, 0.15) is 54.1 Å². The van der Waals surface area contributed by atoms with Gasteiger partial charge in [0.1, 0.15) is 0 Å². The van der Waals surface area contributed by atoms with Crippen LogP contribution >= 0.6 is 0 Å². The number of nitrogens with zero attached hydrogens (tertiary/aromatic N) is 1. The largest absolute Gasteiger partial charge is 0.351 e. The third-order valence-corrected chi connectivity index (χ3v) is 7.67. The molecule has 0 saturated carbocycles. The second-order valence-electron chi connectivity index (χ2n) is 8.09. The molecule has 0 aromatic heterocycles. The molecule has 5 nitrogen and oxygen atoms in total. The average Bonchev–Trinajstić information content (AvgIpc) is 2.73. The number of rotatable bonds is 6. The first-order chi connectivity index (χ1) is 13.8. The fourth-order valence-corrected chi connectivity index (χ4v) is 5.12. The monoisotopic (exact) mass is 414 g/mol. The van der Waals surface area contributed by atoms with Crippen LogP contribution in [0.25, 0.3) is 0 Å². The molecule has 29 heavy (non-hydrogen) atoms. The van der Waals surface area contributed by atoms with Crippen LogP contribution in [0.4, 0.5) is 0 Å². The zero-order valence-corrected chi connectivity index (χ0v) is 18.2. The minimum Gasteiger partial charge on any atom is -0.351 e. The Balaban J connectivity index is 1.73. The van der Waals surface area contributed by atoms with Gasteiger partial charge in [0.25, 0.3) is 5.91 Å². The number of nitrogens with one attached hydrogen (secondary N) is 1. The second-order valence-corrected chi connectivity index (χ2v) is 10.0. The molecule has 0 spiro atoms. The molecule has 2 aromatic rings. The van der Waals surface area contributed by atoms with Gasteiger partial charge >= 0.3 is 0 Å². The second kappa shape index (κ2) is 9.09. The van der Waals surface area contributed by atoms with Crippen LogP contribution in [0.2, 0.25) is 0 Å². The standard InChI is InChI=1S/C23H30N2O3S/c1-17-11-13-25(14-12-17)29(27,28)21-10-9-18(2)22(15-21)23(26)24-16-19(3)20-7-5-4-6-8-20/h4-10,15,17,19H,11-14,16H2,1-3H3,(H,24,26)/t19-/m0/s1. The number of aryl methyl sites for hydroxylation is 1. The molecule has 1 fully saturated rings. The summed E-state index contributed by atoms with van der Waals surface area (Å²) in [6, 6.07) is 14.8. The molecule has 1 aliphatic rings. The maximum Gasteiger partial charge on any atom is 0.251 e. The smallest absolute Gasteiger partial charge is 0.251 e. The summed E-state index contributed by atoms with van der Waals surface area (Å²) < 4.78 is 27.6. The number of sulfonamides is 1. The van der Waals surface area contributed by atoms with Crippen LogP contribution in [0, 0.1) is 12.8 Å². The molecule has 1 amide bonds. The van der Waals surface area contributed by atoms with Crippen molar-refractivity contribution in [2.75, 3.05) is 19.6 Å². The summed E-state index contributed by atoms with van der Waals surface area (Å²) in [6.45, 7) is 7.59. The lowest BCUT2D eigenvalue weighted by molar-refractivity contribution is 0.0951. The normalized spacial score (nSPS) is 17.1. The lowest BCUT2D eigenvalue weighted by Gasteiger charge is -2.29. The van der Waals surface area contributed by atoms with Crippen molar-refractivity contribution in [3.05, 3.63) is 65.2 Å². The molecule has 1 N–H and O–H groups in total. The Morgan fingerprint density at radius 1 is 1.14 bits per heavy atom. The van der Waals surface area contributed by atoms with E-state index in [-0.39, 0.29) is 16.7 Å². The van der Waals surface area contributed by atoms with E-state index in [1.165, 1.54) is 10.4 Å². The minimum atomic E-state index is -3.58. The number of piperidine rings is 1. The van der Waals surface area contributed by atoms with Gasteiger partial charge in [0.2, 0.25) is 10.0 Å². The van der Waals surface area contributed by atoms with Gasteiger partial charge in [-0.3, -0.25) is 4.79 Å². The van der Waals surface area contributed by atoms with Crippen molar-refractivity contribution in [1.82, 2.24) is 9.62 Å². The minimum absolute atomic E-state index is 0.169. The molecule has 1 heterocycles. The van der Waals surface area contributed by atoms with Crippen molar-refractivity contribution in [3.8, 4) is 0 Å². The highest BCUT2D eigenvalue weighted by molar-refractivity contribution is 7.89. The highest BCUT2D eigenvalue weighted by atomic mass is 32.2. The molecule has 156 valence electrons. The van der Waals surface area contributed by atoms with E-state index < -0.39 is 10.0 Å². The maximum atomic E-state index is 13.0. The van der Waals surface area contributed by atoms with E-state index >= 15 is 0 Å². The predicted octanol–water partition coefficient (Wildman–Crippen LogP) is 3.95. The first-order valence-electron chi connectivity index (χ1n) is 10.2. The van der Waals surface area contributed by atoms with E-state index in [0.717, 1.165) is 24.0 Å². The van der Waals surface area contributed by atoms with Crippen molar-refractivity contribution in [3.63, 3.8) is 0 Å². The van der Waals surface area contributed by atoms with Crippen molar-refractivity contribution < 1.29 is 13.2 Å². The van der Waals surface area contributed by atoms with Gasteiger partial charge in [-0.05, 0) is 54.9 Å². The lowest BCUT2D eigenvalue weighted by atomic mass is 10.0. The van der Waals surface area contributed by atoms with Gasteiger partial charge < -0.3 is 5.32 Å². The Labute approximate surface area is 174 Å². The third-order valence-electron chi connectivity index (χ3n) is 5.77. The molecule has 1 atom stereocenters. The number of amides is 1. The molecule has 3 rings (SSSR count). The van der Waals surface area contributed by atoms with Crippen molar-refractivity contribution in [2.24, 2.45) is 5.92 Å². The fourth-order valence-electron chi connectivity index (χ4n) is 3.62. The van der Waals surface area contributed by atoms with Crippen LogP contribution in [-0.4, -0.2) is 38.3 Å². The van der Waals surface area contributed by atoms with E-state index in [4.69, 9.17) is 0 Å². The zero-order chi connectivity index (χ0) is 21.0. The maximum absolute atomic E-state index is 13.0. The SMILES string of the molecule is Cc1ccc(S(=O)(=O)N2CCC(C)CC2)cc1C(=O)NC[C@H](C)c1ccccc1. The van der Waals surface area contributed by atoms with E-state index in [1.54, 1.807) is 12.1 Å². The quantitative estimate of drug-likeness (QED) is 0.778. The van der Waals surface area contributed by atoms with Gasteiger partial charge in [-0.25, -0.2) is 8.42 Å². The summed E-state index contributed by atoms with van der Waals surface area (Å²) >= 11 is 0. The van der Waals surface area contributed by atoms with Crippen LogP contribution in [0.3, 0.4) is 0 Å². The highest BCUT2D eigenvalue weighted by Gasteiger charge is 2.29. The zero-order valence-electron chi connectivity index (χ0n) is 17.4. The van der Waals surface area contributed by atoms with Crippen LogP contribution in [0.15, 0.2) is 53.4 Å². The summed E-state index contributed by atoms with van der Waals surface area (Å²) in [5, 5.41) is 2.95. The molecule has 2 aromatic carbocycles. The molecule has 1 aliphatic heterocycles. The molecule has 6 heteroatoms. The fraction of sp³-hybridized carbons (Fsp3) is 0.435.